The highest BCUT2D eigenvalue weighted by atomic mass is 35.5. The first kappa shape index (κ1) is 18.5. The summed E-state index contributed by atoms with van der Waals surface area (Å²) in [5.41, 5.74) is 10.0. The SMILES string of the molecule is CC.CC1NNC2CNC(c3ccccc3Cl)c3cc(Cl)ccc3N12. The van der Waals surface area contributed by atoms with Gasteiger partial charge in [-0.1, -0.05) is 55.2 Å². The smallest absolute Gasteiger partial charge is 0.106 e. The van der Waals surface area contributed by atoms with Gasteiger partial charge in [0.15, 0.2) is 0 Å². The Morgan fingerprint density at radius 3 is 2.52 bits per heavy atom. The average Bonchev–Trinajstić information content (AvgIpc) is 2.91. The number of fused-ring (bicyclic) bond motifs is 3. The number of anilines is 1. The van der Waals surface area contributed by atoms with Gasteiger partial charge in [-0.15, -0.1) is 0 Å². The number of halogens is 2. The van der Waals surface area contributed by atoms with Gasteiger partial charge in [-0.05, 0) is 42.3 Å². The van der Waals surface area contributed by atoms with Crippen molar-refractivity contribution in [3.63, 3.8) is 0 Å². The van der Waals surface area contributed by atoms with Crippen LogP contribution in [0.25, 0.3) is 0 Å². The van der Waals surface area contributed by atoms with E-state index in [1.54, 1.807) is 0 Å². The molecule has 3 atom stereocenters. The summed E-state index contributed by atoms with van der Waals surface area (Å²) in [6, 6.07) is 14.0. The first-order valence-corrected chi connectivity index (χ1v) is 9.47. The van der Waals surface area contributed by atoms with Gasteiger partial charge in [0, 0.05) is 22.3 Å². The second-order valence-corrected chi connectivity index (χ2v) is 6.80. The van der Waals surface area contributed by atoms with Crippen molar-refractivity contribution in [2.45, 2.75) is 39.1 Å². The summed E-state index contributed by atoms with van der Waals surface area (Å²) in [6.45, 7) is 6.93. The highest BCUT2D eigenvalue weighted by Gasteiger charge is 2.36. The van der Waals surface area contributed by atoms with E-state index in [4.69, 9.17) is 23.2 Å². The zero-order chi connectivity index (χ0) is 18.0. The maximum absolute atomic E-state index is 6.45. The Hall–Kier alpha value is -1.30. The Balaban J connectivity index is 0.000000880. The van der Waals surface area contributed by atoms with Crippen LogP contribution in [0.4, 0.5) is 5.69 Å². The maximum Gasteiger partial charge on any atom is 0.106 e. The summed E-state index contributed by atoms with van der Waals surface area (Å²) in [7, 11) is 0. The molecule has 2 aliphatic rings. The molecule has 0 saturated carbocycles. The van der Waals surface area contributed by atoms with Gasteiger partial charge in [-0.3, -0.25) is 0 Å². The van der Waals surface area contributed by atoms with Crippen molar-refractivity contribution in [2.24, 2.45) is 0 Å². The Morgan fingerprint density at radius 1 is 1.00 bits per heavy atom. The third kappa shape index (κ3) is 3.50. The highest BCUT2D eigenvalue weighted by molar-refractivity contribution is 6.31. The molecule has 0 bridgehead atoms. The molecular weight excluding hydrogens is 355 g/mol. The first-order chi connectivity index (χ1) is 12.1. The summed E-state index contributed by atoms with van der Waals surface area (Å²) in [6.07, 6.45) is 0.379. The van der Waals surface area contributed by atoms with Crippen LogP contribution in [0, 0.1) is 0 Å². The van der Waals surface area contributed by atoms with Gasteiger partial charge < -0.3 is 10.2 Å². The van der Waals surface area contributed by atoms with Crippen LogP contribution in [0.3, 0.4) is 0 Å². The number of hydrogen-bond donors (Lipinski definition) is 3. The summed E-state index contributed by atoms with van der Waals surface area (Å²) >= 11 is 12.7. The van der Waals surface area contributed by atoms with Crippen molar-refractivity contribution in [1.29, 1.82) is 0 Å². The normalized spacial score (nSPS) is 24.7. The fourth-order valence-electron chi connectivity index (χ4n) is 3.47. The first-order valence-electron chi connectivity index (χ1n) is 8.72. The molecule has 2 aliphatic heterocycles. The van der Waals surface area contributed by atoms with Crippen molar-refractivity contribution in [3.8, 4) is 0 Å². The molecule has 0 aromatic heterocycles. The Kier molecular flexibility index (Phi) is 5.87. The van der Waals surface area contributed by atoms with Crippen LogP contribution >= 0.6 is 23.2 Å². The van der Waals surface area contributed by atoms with Gasteiger partial charge in [0.2, 0.25) is 0 Å². The lowest BCUT2D eigenvalue weighted by Gasteiger charge is -2.28. The van der Waals surface area contributed by atoms with Crippen LogP contribution in [-0.2, 0) is 0 Å². The summed E-state index contributed by atoms with van der Waals surface area (Å²) in [5.74, 6) is 0. The van der Waals surface area contributed by atoms with E-state index in [0.29, 0.717) is 0 Å². The molecule has 134 valence electrons. The highest BCUT2D eigenvalue weighted by Crippen LogP contribution is 2.39. The van der Waals surface area contributed by atoms with Crippen LogP contribution in [-0.4, -0.2) is 18.9 Å². The summed E-state index contributed by atoms with van der Waals surface area (Å²) in [4.78, 5) is 2.34. The Morgan fingerprint density at radius 2 is 1.76 bits per heavy atom. The predicted molar refractivity (Wildman–Crippen MR) is 106 cm³/mol. The second kappa shape index (κ2) is 7.94. The Bertz CT molecular complexity index is 737. The van der Waals surface area contributed by atoms with Gasteiger partial charge in [0.05, 0.1) is 12.2 Å². The standard InChI is InChI=1S/C17H18Cl2N4.C2H6/c1-10-21-22-16-9-20-17(12-4-2-3-5-14(12)19)13-8-11(18)6-7-15(13)23(10)16;1-2/h2-8,10,16-17,20-22H,9H2,1H3;1-2H3. The Labute approximate surface area is 159 Å². The fourth-order valence-corrected chi connectivity index (χ4v) is 3.89. The zero-order valence-corrected chi connectivity index (χ0v) is 16.2. The number of hydrazine groups is 1. The molecule has 6 heteroatoms. The van der Waals surface area contributed by atoms with Crippen LogP contribution in [0.1, 0.15) is 37.9 Å². The molecule has 0 spiro atoms. The molecule has 4 nitrogen and oxygen atoms in total. The van der Waals surface area contributed by atoms with Gasteiger partial charge in [-0.25, -0.2) is 10.9 Å². The molecule has 0 aliphatic carbocycles. The number of nitrogens with zero attached hydrogens (tertiary/aromatic N) is 1. The van der Waals surface area contributed by atoms with Gasteiger partial charge in [0.25, 0.3) is 0 Å². The van der Waals surface area contributed by atoms with Crippen molar-refractivity contribution in [1.82, 2.24) is 16.2 Å². The molecule has 0 amide bonds. The van der Waals surface area contributed by atoms with Crippen LogP contribution < -0.4 is 21.1 Å². The summed E-state index contributed by atoms with van der Waals surface area (Å²) < 4.78 is 0. The van der Waals surface area contributed by atoms with Gasteiger partial charge in [-0.2, -0.15) is 0 Å². The summed E-state index contributed by atoms with van der Waals surface area (Å²) in [5, 5.41) is 5.12. The monoisotopic (exact) mass is 378 g/mol. The zero-order valence-electron chi connectivity index (χ0n) is 14.7. The topological polar surface area (TPSA) is 39.3 Å². The molecule has 4 rings (SSSR count). The number of rotatable bonds is 1. The van der Waals surface area contributed by atoms with E-state index in [1.807, 2.05) is 44.2 Å². The minimum atomic E-state index is 0.0111. The average molecular weight is 379 g/mol. The van der Waals surface area contributed by atoms with Gasteiger partial charge in [0.1, 0.15) is 6.17 Å². The molecule has 3 N–H and O–H groups in total. The third-order valence-corrected chi connectivity index (χ3v) is 5.10. The molecule has 0 radical (unpaired) electrons. The van der Waals surface area contributed by atoms with E-state index >= 15 is 0 Å². The lowest BCUT2D eigenvalue weighted by Crippen LogP contribution is -2.44. The second-order valence-electron chi connectivity index (χ2n) is 5.95. The maximum atomic E-state index is 6.45. The van der Waals surface area contributed by atoms with Crippen molar-refractivity contribution < 1.29 is 0 Å². The van der Waals surface area contributed by atoms with E-state index in [1.165, 1.54) is 5.69 Å². The lowest BCUT2D eigenvalue weighted by atomic mass is 9.97. The number of benzene rings is 2. The van der Waals surface area contributed by atoms with E-state index in [-0.39, 0.29) is 18.4 Å². The van der Waals surface area contributed by atoms with Gasteiger partial charge >= 0.3 is 0 Å². The van der Waals surface area contributed by atoms with E-state index in [9.17, 15) is 0 Å². The quantitative estimate of drug-likeness (QED) is 0.691. The van der Waals surface area contributed by atoms with Crippen molar-refractivity contribution in [3.05, 3.63) is 63.6 Å². The third-order valence-electron chi connectivity index (χ3n) is 4.52. The van der Waals surface area contributed by atoms with Crippen molar-refractivity contribution >= 4 is 28.9 Å². The van der Waals surface area contributed by atoms with Crippen LogP contribution in [0.15, 0.2) is 42.5 Å². The van der Waals surface area contributed by atoms with E-state index in [0.717, 1.165) is 27.7 Å². The lowest BCUT2D eigenvalue weighted by molar-refractivity contribution is 0.494. The van der Waals surface area contributed by atoms with E-state index < -0.39 is 0 Å². The molecule has 2 heterocycles. The van der Waals surface area contributed by atoms with Crippen LogP contribution in [0.2, 0.25) is 10.0 Å². The molecule has 25 heavy (non-hydrogen) atoms. The number of hydrogen-bond acceptors (Lipinski definition) is 4. The van der Waals surface area contributed by atoms with Crippen molar-refractivity contribution in [2.75, 3.05) is 11.4 Å². The molecule has 1 saturated heterocycles. The molecule has 1 fully saturated rings. The fraction of sp³-hybridized carbons (Fsp3) is 0.368. The minimum absolute atomic E-state index is 0.0111. The van der Waals surface area contributed by atoms with Crippen LogP contribution in [0.5, 0.6) is 0 Å². The molecule has 2 aromatic carbocycles. The minimum Gasteiger partial charge on any atom is -0.337 e. The largest absolute Gasteiger partial charge is 0.337 e. The van der Waals surface area contributed by atoms with E-state index in [2.05, 4.69) is 40.1 Å². The number of nitrogens with one attached hydrogen (secondary N) is 3. The molecular formula is C19H24Cl2N4. The predicted octanol–water partition coefficient (Wildman–Crippen LogP) is 4.30. The molecule has 2 aromatic rings. The molecule has 3 unspecified atom stereocenters.